The van der Waals surface area contributed by atoms with Crippen LogP contribution in [0.15, 0.2) is 23.3 Å². The van der Waals surface area contributed by atoms with Gasteiger partial charge in [0, 0.05) is 12.5 Å². The zero-order chi connectivity index (χ0) is 14.2. The Morgan fingerprint density at radius 3 is 2.79 bits per heavy atom. The summed E-state index contributed by atoms with van der Waals surface area (Å²) in [6.45, 7) is 8.20. The van der Waals surface area contributed by atoms with Crippen LogP contribution in [0.25, 0.3) is 0 Å². The van der Waals surface area contributed by atoms with Gasteiger partial charge in [0.25, 0.3) is 0 Å². The van der Waals surface area contributed by atoms with E-state index in [-0.39, 0.29) is 18.7 Å². The van der Waals surface area contributed by atoms with Gasteiger partial charge in [-0.3, -0.25) is 4.90 Å². The Hall–Kier alpha value is -1.29. The molecule has 2 aliphatic rings. The van der Waals surface area contributed by atoms with E-state index in [1.807, 2.05) is 27.7 Å². The molecule has 0 saturated carbocycles. The third kappa shape index (κ3) is 3.00. The van der Waals surface area contributed by atoms with Gasteiger partial charge in [-0.1, -0.05) is 17.7 Å². The number of carbonyl (C=O) groups is 1. The molecular formula is C15H23NO3. The molecule has 2 atom stereocenters. The van der Waals surface area contributed by atoms with Crippen LogP contribution >= 0.6 is 0 Å². The van der Waals surface area contributed by atoms with Crippen molar-refractivity contribution in [3.8, 4) is 0 Å². The summed E-state index contributed by atoms with van der Waals surface area (Å²) in [4.78, 5) is 13.9. The van der Waals surface area contributed by atoms with Crippen LogP contribution in [-0.2, 0) is 4.74 Å². The van der Waals surface area contributed by atoms with Crippen LogP contribution in [0.4, 0.5) is 4.79 Å². The lowest BCUT2D eigenvalue weighted by atomic mass is 9.88. The van der Waals surface area contributed by atoms with Gasteiger partial charge in [-0.2, -0.15) is 0 Å². The van der Waals surface area contributed by atoms with E-state index in [1.165, 1.54) is 5.57 Å². The highest BCUT2D eigenvalue weighted by atomic mass is 16.6. The van der Waals surface area contributed by atoms with Crippen molar-refractivity contribution in [2.45, 2.75) is 45.8 Å². The third-order valence-corrected chi connectivity index (χ3v) is 3.57. The Morgan fingerprint density at radius 2 is 2.21 bits per heavy atom. The van der Waals surface area contributed by atoms with Crippen molar-refractivity contribution in [3.63, 3.8) is 0 Å². The number of nitrogens with zero attached hydrogens (tertiary/aromatic N) is 1. The Kier molecular flexibility index (Phi) is 3.72. The van der Waals surface area contributed by atoms with Gasteiger partial charge in [0.1, 0.15) is 5.60 Å². The van der Waals surface area contributed by atoms with Crippen LogP contribution in [0, 0.1) is 5.92 Å². The molecule has 0 spiro atoms. The van der Waals surface area contributed by atoms with E-state index in [2.05, 4.69) is 12.2 Å². The molecule has 1 fully saturated rings. The van der Waals surface area contributed by atoms with E-state index in [4.69, 9.17) is 4.74 Å². The summed E-state index contributed by atoms with van der Waals surface area (Å²) in [5, 5.41) is 9.60. The second-order valence-electron chi connectivity index (χ2n) is 6.36. The molecule has 1 amide bonds. The number of rotatable bonds is 1. The number of hydrogen-bond donors (Lipinski definition) is 1. The second kappa shape index (κ2) is 5.00. The average molecular weight is 265 g/mol. The van der Waals surface area contributed by atoms with Gasteiger partial charge in [-0.25, -0.2) is 4.79 Å². The van der Waals surface area contributed by atoms with Crippen LogP contribution in [0.1, 0.15) is 34.1 Å². The number of allylic oxidation sites excluding steroid dienone is 3. The summed E-state index contributed by atoms with van der Waals surface area (Å²) in [5.74, 6) is 0.327. The van der Waals surface area contributed by atoms with Gasteiger partial charge in [-0.05, 0) is 39.7 Å². The van der Waals surface area contributed by atoms with Crippen LogP contribution < -0.4 is 0 Å². The molecule has 4 heteroatoms. The number of likely N-dealkylation sites (tertiary alicyclic amines) is 1. The zero-order valence-electron chi connectivity index (χ0n) is 12.1. The summed E-state index contributed by atoms with van der Waals surface area (Å²) in [7, 11) is 0. The Balaban J connectivity index is 2.16. The number of ether oxygens (including phenoxy) is 1. The lowest BCUT2D eigenvalue weighted by Gasteiger charge is -2.28. The molecule has 0 aromatic heterocycles. The first-order valence-electron chi connectivity index (χ1n) is 6.80. The molecule has 4 nitrogen and oxygen atoms in total. The van der Waals surface area contributed by atoms with E-state index >= 15 is 0 Å². The van der Waals surface area contributed by atoms with Gasteiger partial charge < -0.3 is 9.84 Å². The van der Waals surface area contributed by atoms with Gasteiger partial charge in [0.05, 0.1) is 12.6 Å². The van der Waals surface area contributed by atoms with Crippen LogP contribution in [-0.4, -0.2) is 40.9 Å². The average Bonchev–Trinajstić information content (AvgIpc) is 2.64. The third-order valence-electron chi connectivity index (χ3n) is 3.57. The standard InChI is InChI=1S/C15H23NO3/c1-10-5-6-11-8-16(13(9-17)12(11)7-10)14(18)19-15(2,3)4/h5,7,11,13,17H,6,8-9H2,1-4H3. The fourth-order valence-corrected chi connectivity index (χ4v) is 2.72. The number of carbonyl (C=O) groups excluding carboxylic acids is 1. The lowest BCUT2D eigenvalue weighted by molar-refractivity contribution is 0.0187. The molecule has 19 heavy (non-hydrogen) atoms. The maximum absolute atomic E-state index is 12.2. The Morgan fingerprint density at radius 1 is 1.53 bits per heavy atom. The molecule has 1 heterocycles. The molecule has 1 aliphatic carbocycles. The predicted molar refractivity (Wildman–Crippen MR) is 73.8 cm³/mol. The van der Waals surface area contributed by atoms with Gasteiger partial charge in [0.2, 0.25) is 0 Å². The Labute approximate surface area is 114 Å². The molecule has 1 saturated heterocycles. The van der Waals surface area contributed by atoms with E-state index in [0.717, 1.165) is 12.0 Å². The maximum Gasteiger partial charge on any atom is 0.410 e. The first-order chi connectivity index (χ1) is 8.81. The highest BCUT2D eigenvalue weighted by molar-refractivity contribution is 5.70. The zero-order valence-corrected chi connectivity index (χ0v) is 12.1. The highest BCUT2D eigenvalue weighted by Crippen LogP contribution is 2.36. The minimum atomic E-state index is -0.507. The molecule has 2 unspecified atom stereocenters. The van der Waals surface area contributed by atoms with Crippen molar-refractivity contribution in [2.75, 3.05) is 13.2 Å². The molecule has 0 bridgehead atoms. The molecule has 1 N–H and O–H groups in total. The van der Waals surface area contributed by atoms with Crippen LogP contribution in [0.5, 0.6) is 0 Å². The first kappa shape index (κ1) is 14.1. The smallest absolute Gasteiger partial charge is 0.410 e. The van der Waals surface area contributed by atoms with Crippen molar-refractivity contribution in [1.82, 2.24) is 4.90 Å². The minimum absolute atomic E-state index is 0.0468. The number of hydrogen-bond acceptors (Lipinski definition) is 3. The van der Waals surface area contributed by atoms with E-state index in [0.29, 0.717) is 12.5 Å². The normalized spacial score (nSPS) is 26.7. The van der Waals surface area contributed by atoms with Crippen LogP contribution in [0.3, 0.4) is 0 Å². The van der Waals surface area contributed by atoms with Gasteiger partial charge in [-0.15, -0.1) is 0 Å². The number of aliphatic hydroxyl groups excluding tert-OH is 1. The molecule has 0 aromatic carbocycles. The summed E-state index contributed by atoms with van der Waals surface area (Å²) in [5.41, 5.74) is 1.86. The number of fused-ring (bicyclic) bond motifs is 1. The van der Waals surface area contributed by atoms with Gasteiger partial charge >= 0.3 is 6.09 Å². The van der Waals surface area contributed by atoms with Crippen molar-refractivity contribution in [1.29, 1.82) is 0 Å². The fourth-order valence-electron chi connectivity index (χ4n) is 2.72. The fraction of sp³-hybridized carbons (Fsp3) is 0.667. The molecular weight excluding hydrogens is 242 g/mol. The quantitative estimate of drug-likeness (QED) is 0.792. The van der Waals surface area contributed by atoms with Crippen molar-refractivity contribution in [3.05, 3.63) is 23.3 Å². The minimum Gasteiger partial charge on any atom is -0.444 e. The summed E-state index contributed by atoms with van der Waals surface area (Å²) < 4.78 is 5.42. The predicted octanol–water partition coefficient (Wildman–Crippen LogP) is 2.49. The Bertz CT molecular complexity index is 431. The molecule has 0 aromatic rings. The maximum atomic E-state index is 12.2. The molecule has 0 radical (unpaired) electrons. The monoisotopic (exact) mass is 265 g/mol. The van der Waals surface area contributed by atoms with Crippen molar-refractivity contribution in [2.24, 2.45) is 5.92 Å². The number of aliphatic hydroxyl groups is 1. The molecule has 106 valence electrons. The number of amides is 1. The van der Waals surface area contributed by atoms with Crippen molar-refractivity contribution >= 4 is 6.09 Å². The van der Waals surface area contributed by atoms with E-state index in [9.17, 15) is 9.90 Å². The summed E-state index contributed by atoms with van der Waals surface area (Å²) >= 11 is 0. The van der Waals surface area contributed by atoms with Crippen molar-refractivity contribution < 1.29 is 14.6 Å². The van der Waals surface area contributed by atoms with Gasteiger partial charge in [0.15, 0.2) is 0 Å². The SMILES string of the molecule is CC1=CCC2CN(C(=O)OC(C)(C)C)C(CO)C2=C1. The lowest BCUT2D eigenvalue weighted by Crippen LogP contribution is -2.41. The highest BCUT2D eigenvalue weighted by Gasteiger charge is 2.41. The molecule has 2 rings (SSSR count). The van der Waals surface area contributed by atoms with E-state index < -0.39 is 5.60 Å². The largest absolute Gasteiger partial charge is 0.444 e. The molecule has 1 aliphatic heterocycles. The summed E-state index contributed by atoms with van der Waals surface area (Å²) in [6, 6.07) is -0.233. The van der Waals surface area contributed by atoms with E-state index in [1.54, 1.807) is 4.90 Å². The topological polar surface area (TPSA) is 49.8 Å². The van der Waals surface area contributed by atoms with Crippen LogP contribution in [0.2, 0.25) is 0 Å². The second-order valence-corrected chi connectivity index (χ2v) is 6.36. The first-order valence-corrected chi connectivity index (χ1v) is 6.80. The summed E-state index contributed by atoms with van der Waals surface area (Å²) in [6.07, 6.45) is 4.88.